The number of carbonyl (C=O) groups excluding carboxylic acids is 2. The van der Waals surface area contributed by atoms with Crippen molar-refractivity contribution in [3.63, 3.8) is 0 Å². The molecule has 158 valence electrons. The van der Waals surface area contributed by atoms with Crippen LogP contribution in [0, 0.1) is 19.8 Å². The second kappa shape index (κ2) is 9.23. The number of hydrogen-bond donors (Lipinski definition) is 2. The van der Waals surface area contributed by atoms with Crippen molar-refractivity contribution < 1.29 is 27.5 Å². The first-order valence-electron chi connectivity index (χ1n) is 9.07. The van der Waals surface area contributed by atoms with Gasteiger partial charge in [-0.05, 0) is 50.1 Å². The summed E-state index contributed by atoms with van der Waals surface area (Å²) in [5.74, 6) is -1.05. The average Bonchev–Trinajstić information content (AvgIpc) is 3.02. The number of benzene rings is 1. The lowest BCUT2D eigenvalue weighted by molar-refractivity contribution is -0.145. The number of Topliss-reactive ketones (excluding diaryl/α,β-unsaturated/α-hetero) is 1. The maximum absolute atomic E-state index is 12.6. The SMILES string of the molecule is COc1ccc(S(=O)(=O)N[C@H](C(=O)OCC(=O)c2cc(C)[nH]c2C)C(C)C)cc1. The van der Waals surface area contributed by atoms with Gasteiger partial charge in [-0.15, -0.1) is 0 Å². The second-order valence-electron chi connectivity index (χ2n) is 7.04. The van der Waals surface area contributed by atoms with Crippen LogP contribution in [0.25, 0.3) is 0 Å². The molecular weight excluding hydrogens is 396 g/mol. The number of ether oxygens (including phenoxy) is 2. The predicted octanol–water partition coefficient (Wildman–Crippen LogP) is 2.37. The van der Waals surface area contributed by atoms with Crippen LogP contribution in [0.1, 0.15) is 35.6 Å². The summed E-state index contributed by atoms with van der Waals surface area (Å²) in [7, 11) is -2.49. The van der Waals surface area contributed by atoms with Crippen LogP contribution in [0.5, 0.6) is 5.75 Å². The van der Waals surface area contributed by atoms with E-state index in [2.05, 4.69) is 9.71 Å². The van der Waals surface area contributed by atoms with E-state index >= 15 is 0 Å². The predicted molar refractivity (Wildman–Crippen MR) is 107 cm³/mol. The van der Waals surface area contributed by atoms with E-state index in [9.17, 15) is 18.0 Å². The lowest BCUT2D eigenvalue weighted by atomic mass is 10.1. The third kappa shape index (κ3) is 5.68. The molecule has 1 atom stereocenters. The van der Waals surface area contributed by atoms with Crippen molar-refractivity contribution in [1.29, 1.82) is 0 Å². The second-order valence-corrected chi connectivity index (χ2v) is 8.75. The van der Waals surface area contributed by atoms with Crippen LogP contribution in [-0.4, -0.2) is 44.9 Å². The molecule has 1 aromatic carbocycles. The van der Waals surface area contributed by atoms with E-state index in [-0.39, 0.29) is 16.6 Å². The van der Waals surface area contributed by atoms with Crippen molar-refractivity contribution in [2.75, 3.05) is 13.7 Å². The van der Waals surface area contributed by atoms with Gasteiger partial charge in [-0.3, -0.25) is 9.59 Å². The summed E-state index contributed by atoms with van der Waals surface area (Å²) < 4.78 is 37.8. The zero-order valence-electron chi connectivity index (χ0n) is 17.1. The molecule has 0 amide bonds. The lowest BCUT2D eigenvalue weighted by Gasteiger charge is -2.20. The number of aryl methyl sites for hydroxylation is 2. The van der Waals surface area contributed by atoms with Gasteiger partial charge in [0.1, 0.15) is 11.8 Å². The first-order chi connectivity index (χ1) is 13.5. The van der Waals surface area contributed by atoms with E-state index in [1.165, 1.54) is 31.4 Å². The van der Waals surface area contributed by atoms with Crippen LogP contribution in [0.15, 0.2) is 35.2 Å². The Hall–Kier alpha value is -2.65. The van der Waals surface area contributed by atoms with Crippen molar-refractivity contribution in [1.82, 2.24) is 9.71 Å². The number of esters is 1. The molecule has 0 aliphatic carbocycles. The van der Waals surface area contributed by atoms with E-state index in [1.807, 2.05) is 6.92 Å². The third-order valence-electron chi connectivity index (χ3n) is 4.37. The van der Waals surface area contributed by atoms with Crippen molar-refractivity contribution in [2.45, 2.75) is 38.6 Å². The summed E-state index contributed by atoms with van der Waals surface area (Å²) >= 11 is 0. The fraction of sp³-hybridized carbons (Fsp3) is 0.400. The van der Waals surface area contributed by atoms with Crippen LogP contribution >= 0.6 is 0 Å². The first kappa shape index (κ1) is 22.6. The minimum atomic E-state index is -3.96. The van der Waals surface area contributed by atoms with E-state index < -0.39 is 28.6 Å². The molecule has 0 aliphatic rings. The monoisotopic (exact) mass is 422 g/mol. The molecule has 0 spiro atoms. The van der Waals surface area contributed by atoms with Gasteiger partial charge in [0, 0.05) is 17.0 Å². The minimum absolute atomic E-state index is 0.00810. The number of nitrogens with one attached hydrogen (secondary N) is 2. The molecule has 8 nitrogen and oxygen atoms in total. The number of sulfonamides is 1. The maximum Gasteiger partial charge on any atom is 0.324 e. The van der Waals surface area contributed by atoms with Crippen LogP contribution in [0.3, 0.4) is 0 Å². The Morgan fingerprint density at radius 2 is 1.76 bits per heavy atom. The molecule has 0 saturated heterocycles. The molecule has 9 heteroatoms. The van der Waals surface area contributed by atoms with Crippen molar-refractivity contribution >= 4 is 21.8 Å². The highest BCUT2D eigenvalue weighted by atomic mass is 32.2. The van der Waals surface area contributed by atoms with E-state index in [4.69, 9.17) is 9.47 Å². The summed E-state index contributed by atoms with van der Waals surface area (Å²) in [6, 6.07) is 6.32. The Bertz CT molecular complexity index is 977. The van der Waals surface area contributed by atoms with Crippen molar-refractivity contribution in [3.05, 3.63) is 47.3 Å². The quantitative estimate of drug-likeness (QED) is 0.474. The Kier molecular flexibility index (Phi) is 7.21. The number of ketones is 1. The van der Waals surface area contributed by atoms with Gasteiger partial charge >= 0.3 is 5.97 Å². The largest absolute Gasteiger partial charge is 0.497 e. The normalized spacial score (nSPS) is 12.6. The van der Waals surface area contributed by atoms with Gasteiger partial charge in [0.25, 0.3) is 0 Å². The van der Waals surface area contributed by atoms with E-state index in [0.29, 0.717) is 17.0 Å². The molecule has 29 heavy (non-hydrogen) atoms. The fourth-order valence-electron chi connectivity index (χ4n) is 2.76. The standard InChI is InChI=1S/C20H26N2O6S/c1-12(2)19(22-29(25,26)16-8-6-15(27-5)7-9-16)20(24)28-11-18(23)17-10-13(3)21-14(17)4/h6-10,12,19,21-22H,11H2,1-5H3/t19-/m0/s1. The summed E-state index contributed by atoms with van der Waals surface area (Å²) in [5, 5.41) is 0. The summed E-state index contributed by atoms with van der Waals surface area (Å²) in [4.78, 5) is 27.8. The number of aromatic nitrogens is 1. The number of rotatable bonds is 9. The van der Waals surface area contributed by atoms with Gasteiger partial charge in [0.2, 0.25) is 15.8 Å². The highest BCUT2D eigenvalue weighted by molar-refractivity contribution is 7.89. The molecule has 2 aromatic rings. The molecule has 2 rings (SSSR count). The average molecular weight is 423 g/mol. The Labute approximate surface area is 170 Å². The Morgan fingerprint density at radius 3 is 2.24 bits per heavy atom. The smallest absolute Gasteiger partial charge is 0.324 e. The fourth-order valence-corrected chi connectivity index (χ4v) is 4.10. The number of aromatic amines is 1. The van der Waals surface area contributed by atoms with Gasteiger partial charge in [-0.2, -0.15) is 4.72 Å². The highest BCUT2D eigenvalue weighted by Gasteiger charge is 2.30. The van der Waals surface area contributed by atoms with E-state index in [0.717, 1.165) is 5.69 Å². The summed E-state index contributed by atoms with van der Waals surface area (Å²) in [6.45, 7) is 6.47. The van der Waals surface area contributed by atoms with Crippen LogP contribution in [0.4, 0.5) is 0 Å². The minimum Gasteiger partial charge on any atom is -0.497 e. The van der Waals surface area contributed by atoms with Gasteiger partial charge in [0.15, 0.2) is 6.61 Å². The van der Waals surface area contributed by atoms with Gasteiger partial charge in [-0.25, -0.2) is 8.42 Å². The topological polar surface area (TPSA) is 115 Å². The maximum atomic E-state index is 12.6. The first-order valence-corrected chi connectivity index (χ1v) is 10.6. The van der Waals surface area contributed by atoms with Crippen molar-refractivity contribution in [2.24, 2.45) is 5.92 Å². The van der Waals surface area contributed by atoms with E-state index in [1.54, 1.807) is 26.8 Å². The number of methoxy groups -OCH3 is 1. The van der Waals surface area contributed by atoms with Crippen LogP contribution in [0.2, 0.25) is 0 Å². The molecular formula is C20H26N2O6S. The van der Waals surface area contributed by atoms with Crippen LogP contribution in [-0.2, 0) is 19.6 Å². The zero-order chi connectivity index (χ0) is 21.8. The Morgan fingerprint density at radius 1 is 1.14 bits per heavy atom. The molecule has 2 N–H and O–H groups in total. The van der Waals surface area contributed by atoms with Crippen LogP contribution < -0.4 is 9.46 Å². The molecule has 1 heterocycles. The molecule has 1 aromatic heterocycles. The zero-order valence-corrected chi connectivity index (χ0v) is 17.9. The molecule has 0 bridgehead atoms. The van der Waals surface area contributed by atoms with Gasteiger partial charge in [0.05, 0.1) is 12.0 Å². The summed E-state index contributed by atoms with van der Waals surface area (Å²) in [5.41, 5.74) is 1.95. The molecule has 0 saturated carbocycles. The van der Waals surface area contributed by atoms with Crippen molar-refractivity contribution in [3.8, 4) is 5.75 Å². The molecule has 0 fully saturated rings. The van der Waals surface area contributed by atoms with Gasteiger partial charge < -0.3 is 14.5 Å². The molecule has 0 unspecified atom stereocenters. The molecule has 0 aliphatic heterocycles. The number of H-pyrrole nitrogens is 1. The van der Waals surface area contributed by atoms with Gasteiger partial charge in [-0.1, -0.05) is 13.8 Å². The highest BCUT2D eigenvalue weighted by Crippen LogP contribution is 2.17. The third-order valence-corrected chi connectivity index (χ3v) is 5.82. The number of hydrogen-bond acceptors (Lipinski definition) is 6. The molecule has 0 radical (unpaired) electrons. The Balaban J connectivity index is 2.08. The summed E-state index contributed by atoms with van der Waals surface area (Å²) in [6.07, 6.45) is 0. The lowest BCUT2D eigenvalue weighted by Crippen LogP contribution is -2.45. The number of carbonyl (C=O) groups is 2.